The Balaban J connectivity index is 2.52. The van der Waals surface area contributed by atoms with E-state index < -0.39 is 0 Å². The van der Waals surface area contributed by atoms with Crippen LogP contribution in [0.1, 0.15) is 0 Å². The molecule has 76 valence electrons. The Labute approximate surface area is 93.0 Å². The topological polar surface area (TPSA) is 17.1 Å². The van der Waals surface area contributed by atoms with Crippen LogP contribution < -0.4 is 5.43 Å². The van der Waals surface area contributed by atoms with Gasteiger partial charge in [-0.15, -0.1) is 0 Å². The van der Waals surface area contributed by atoms with Crippen molar-refractivity contribution in [2.75, 3.05) is 0 Å². The van der Waals surface area contributed by atoms with E-state index in [2.05, 4.69) is 24.3 Å². The minimum absolute atomic E-state index is 0.0419. The normalized spacial score (nSPS) is 10.8. The van der Waals surface area contributed by atoms with Gasteiger partial charge in [-0.2, -0.15) is 0 Å². The van der Waals surface area contributed by atoms with Gasteiger partial charge in [-0.1, -0.05) is 36.4 Å². The van der Waals surface area contributed by atoms with Crippen LogP contribution in [0.25, 0.3) is 21.5 Å². The van der Waals surface area contributed by atoms with Gasteiger partial charge < -0.3 is 0 Å². The second-order valence-corrected chi connectivity index (χ2v) is 3.90. The third-order valence-electron chi connectivity index (χ3n) is 2.81. The Morgan fingerprint density at radius 1 is 0.562 bits per heavy atom. The molecule has 3 rings (SSSR count). The lowest BCUT2D eigenvalue weighted by Crippen LogP contribution is -1.87. The molecule has 3 aromatic rings. The number of fused-ring (bicyclic) bond motifs is 2. The van der Waals surface area contributed by atoms with Crippen molar-refractivity contribution < 1.29 is 0 Å². The molecule has 0 fully saturated rings. The van der Waals surface area contributed by atoms with Gasteiger partial charge in [0.25, 0.3) is 0 Å². The molecule has 0 aromatic heterocycles. The van der Waals surface area contributed by atoms with Gasteiger partial charge in [0, 0.05) is 0 Å². The Kier molecular flexibility index (Phi) is 1.97. The summed E-state index contributed by atoms with van der Waals surface area (Å²) in [4.78, 5) is 11.3. The number of benzene rings is 2. The molecule has 3 aromatic carbocycles. The van der Waals surface area contributed by atoms with Crippen molar-refractivity contribution in [2.24, 2.45) is 0 Å². The van der Waals surface area contributed by atoms with Gasteiger partial charge >= 0.3 is 0 Å². The van der Waals surface area contributed by atoms with Crippen LogP contribution in [0, 0.1) is 0 Å². The maximum Gasteiger partial charge on any atom is 0.178 e. The molecule has 0 saturated heterocycles. The van der Waals surface area contributed by atoms with Gasteiger partial charge in [-0.05, 0) is 45.8 Å². The van der Waals surface area contributed by atoms with Crippen molar-refractivity contribution in [3.63, 3.8) is 0 Å². The first-order chi connectivity index (χ1) is 7.83. The molecule has 0 aliphatic carbocycles. The van der Waals surface area contributed by atoms with Gasteiger partial charge in [0.2, 0.25) is 0 Å². The molecular weight excluding hydrogens is 196 g/mol. The lowest BCUT2D eigenvalue weighted by Gasteiger charge is -1.98. The van der Waals surface area contributed by atoms with E-state index in [0.717, 1.165) is 10.8 Å². The van der Waals surface area contributed by atoms with Crippen molar-refractivity contribution in [2.45, 2.75) is 0 Å². The molecule has 0 aliphatic heterocycles. The average molecular weight is 206 g/mol. The summed E-state index contributed by atoms with van der Waals surface area (Å²) in [5.41, 5.74) is 0.0419. The summed E-state index contributed by atoms with van der Waals surface area (Å²) in [5, 5.41) is 4.60. The molecule has 0 bridgehead atoms. The van der Waals surface area contributed by atoms with Gasteiger partial charge in [-0.3, -0.25) is 4.79 Å². The van der Waals surface area contributed by atoms with Crippen LogP contribution in [-0.4, -0.2) is 0 Å². The molecular formula is C15H10O. The quantitative estimate of drug-likeness (QED) is 0.551. The lowest BCUT2D eigenvalue weighted by molar-refractivity contribution is 1.68. The largest absolute Gasteiger partial charge is 0.290 e. The SMILES string of the molecule is O=c1ccc2cc3ccccc3cc2cc1. The van der Waals surface area contributed by atoms with E-state index in [9.17, 15) is 4.79 Å². The molecule has 0 spiro atoms. The monoisotopic (exact) mass is 206 g/mol. The van der Waals surface area contributed by atoms with Crippen LogP contribution in [0.4, 0.5) is 0 Å². The number of rotatable bonds is 0. The van der Waals surface area contributed by atoms with Crippen molar-refractivity contribution in [1.82, 2.24) is 0 Å². The fourth-order valence-corrected chi connectivity index (χ4v) is 1.96. The zero-order valence-electron chi connectivity index (χ0n) is 8.68. The predicted octanol–water partition coefficient (Wildman–Crippen LogP) is 3.35. The molecule has 0 amide bonds. The Hall–Kier alpha value is -2.15. The highest BCUT2D eigenvalue weighted by molar-refractivity contribution is 5.97. The van der Waals surface area contributed by atoms with Crippen molar-refractivity contribution in [3.05, 3.63) is 70.9 Å². The summed E-state index contributed by atoms with van der Waals surface area (Å²) in [5.74, 6) is 0. The summed E-state index contributed by atoms with van der Waals surface area (Å²) in [6.07, 6.45) is 0. The van der Waals surface area contributed by atoms with Gasteiger partial charge in [0.15, 0.2) is 5.43 Å². The molecule has 1 heteroatoms. The summed E-state index contributed by atoms with van der Waals surface area (Å²) < 4.78 is 0. The van der Waals surface area contributed by atoms with Crippen LogP contribution in [-0.2, 0) is 0 Å². The first-order valence-corrected chi connectivity index (χ1v) is 5.26. The Morgan fingerprint density at radius 2 is 1.00 bits per heavy atom. The summed E-state index contributed by atoms with van der Waals surface area (Å²) in [7, 11) is 0. The third kappa shape index (κ3) is 1.47. The molecule has 0 heterocycles. The molecule has 0 atom stereocenters. The molecule has 0 aliphatic rings. The molecule has 16 heavy (non-hydrogen) atoms. The molecule has 0 N–H and O–H groups in total. The van der Waals surface area contributed by atoms with Crippen LogP contribution in [0.3, 0.4) is 0 Å². The maximum absolute atomic E-state index is 11.3. The summed E-state index contributed by atoms with van der Waals surface area (Å²) >= 11 is 0. The Bertz CT molecular complexity index is 668. The van der Waals surface area contributed by atoms with Crippen LogP contribution >= 0.6 is 0 Å². The fraction of sp³-hybridized carbons (Fsp3) is 0. The van der Waals surface area contributed by atoms with Gasteiger partial charge in [0.1, 0.15) is 0 Å². The van der Waals surface area contributed by atoms with Gasteiger partial charge in [0.05, 0.1) is 0 Å². The van der Waals surface area contributed by atoms with Crippen molar-refractivity contribution in [3.8, 4) is 0 Å². The van der Waals surface area contributed by atoms with E-state index in [4.69, 9.17) is 0 Å². The van der Waals surface area contributed by atoms with E-state index in [1.807, 2.05) is 24.3 Å². The van der Waals surface area contributed by atoms with E-state index in [0.29, 0.717) is 0 Å². The lowest BCUT2D eigenvalue weighted by atomic mass is 10.1. The molecule has 0 unspecified atom stereocenters. The van der Waals surface area contributed by atoms with E-state index in [1.165, 1.54) is 10.8 Å². The highest BCUT2D eigenvalue weighted by atomic mass is 16.1. The zero-order valence-corrected chi connectivity index (χ0v) is 8.68. The van der Waals surface area contributed by atoms with E-state index in [-0.39, 0.29) is 5.43 Å². The predicted molar refractivity (Wildman–Crippen MR) is 67.7 cm³/mol. The number of hydrogen-bond acceptors (Lipinski definition) is 1. The highest BCUT2D eigenvalue weighted by Gasteiger charge is 1.95. The maximum atomic E-state index is 11.3. The first-order valence-electron chi connectivity index (χ1n) is 5.26. The second-order valence-electron chi connectivity index (χ2n) is 3.90. The minimum Gasteiger partial charge on any atom is -0.290 e. The summed E-state index contributed by atoms with van der Waals surface area (Å²) in [6.45, 7) is 0. The highest BCUT2D eigenvalue weighted by Crippen LogP contribution is 2.21. The molecule has 0 saturated carbocycles. The van der Waals surface area contributed by atoms with Gasteiger partial charge in [-0.25, -0.2) is 0 Å². The summed E-state index contributed by atoms with van der Waals surface area (Å²) in [6, 6.07) is 19.4. The average Bonchev–Trinajstić information content (AvgIpc) is 2.49. The standard InChI is InChI=1S/C15H10O/c16-15-7-5-13-9-11-3-1-2-4-12(11)10-14(13)6-8-15/h1-10H. The van der Waals surface area contributed by atoms with Crippen molar-refractivity contribution >= 4 is 21.5 Å². The number of hydrogen-bond donors (Lipinski definition) is 0. The smallest absolute Gasteiger partial charge is 0.178 e. The van der Waals surface area contributed by atoms with E-state index >= 15 is 0 Å². The minimum atomic E-state index is 0.0419. The zero-order chi connectivity index (χ0) is 11.0. The third-order valence-corrected chi connectivity index (χ3v) is 2.81. The fourth-order valence-electron chi connectivity index (χ4n) is 1.96. The van der Waals surface area contributed by atoms with E-state index in [1.54, 1.807) is 12.1 Å². The second kappa shape index (κ2) is 3.46. The van der Waals surface area contributed by atoms with Crippen LogP contribution in [0.2, 0.25) is 0 Å². The first kappa shape index (κ1) is 9.10. The van der Waals surface area contributed by atoms with Crippen molar-refractivity contribution in [1.29, 1.82) is 0 Å². The molecule has 0 radical (unpaired) electrons. The van der Waals surface area contributed by atoms with Crippen LogP contribution in [0.15, 0.2) is 65.5 Å². The van der Waals surface area contributed by atoms with Crippen LogP contribution in [0.5, 0.6) is 0 Å². The molecule has 1 nitrogen and oxygen atoms in total. The Morgan fingerprint density at radius 3 is 1.50 bits per heavy atom.